The molecular weight excluding hydrogens is 471 g/mol. The van der Waals surface area contributed by atoms with E-state index >= 15 is 0 Å². The lowest BCUT2D eigenvalue weighted by Crippen LogP contribution is -2.61. The van der Waals surface area contributed by atoms with Crippen molar-refractivity contribution in [3.8, 4) is 11.1 Å². The van der Waals surface area contributed by atoms with Crippen molar-refractivity contribution >= 4 is 57.2 Å². The fraction of sp³-hybridized carbons (Fsp3) is 0. The van der Waals surface area contributed by atoms with Crippen molar-refractivity contribution < 1.29 is 6.85 Å². The second-order valence-corrected chi connectivity index (χ2v) is 9.82. The average molecular weight is 501 g/mol. The molecule has 0 spiro atoms. The molecule has 0 bridgehead atoms. The highest BCUT2D eigenvalue weighted by Gasteiger charge is 2.43. The van der Waals surface area contributed by atoms with Crippen LogP contribution in [0.5, 0.6) is 0 Å². The van der Waals surface area contributed by atoms with Gasteiger partial charge in [-0.2, -0.15) is 0 Å². The molecule has 0 unspecified atom stereocenters. The number of benzene rings is 6. The molecule has 2 aliphatic heterocycles. The minimum Gasteiger partial charge on any atom is -0.311 e. The molecule has 39 heavy (non-hydrogen) atoms. The molecule has 0 fully saturated rings. The van der Waals surface area contributed by atoms with Crippen molar-refractivity contribution in [3.05, 3.63) is 152 Å². The van der Waals surface area contributed by atoms with Crippen molar-refractivity contribution in [2.45, 2.75) is 0 Å². The Labute approximate surface area is 236 Å². The maximum Gasteiger partial charge on any atom is 0.252 e. The van der Waals surface area contributed by atoms with Gasteiger partial charge in [-0.1, -0.05) is 103 Å². The zero-order valence-corrected chi connectivity index (χ0v) is 21.0. The summed E-state index contributed by atoms with van der Waals surface area (Å²) in [6, 6.07) is 39.7. The molecule has 0 N–H and O–H groups in total. The highest BCUT2D eigenvalue weighted by Crippen LogP contribution is 2.45. The van der Waals surface area contributed by atoms with E-state index in [1.807, 2.05) is 60.7 Å². The fourth-order valence-electron chi connectivity index (χ4n) is 6.15. The number of anilines is 6. The van der Waals surface area contributed by atoms with Gasteiger partial charge in [-0.05, 0) is 76.0 Å². The lowest BCUT2D eigenvalue weighted by molar-refractivity contribution is 1.25. The van der Waals surface area contributed by atoms with E-state index in [2.05, 4.69) is 70.5 Å². The van der Waals surface area contributed by atoms with Crippen LogP contribution in [0, 0.1) is 0 Å². The van der Waals surface area contributed by atoms with E-state index in [0.717, 1.165) is 39.6 Å². The SMILES string of the molecule is [2H]c1c([2H])c([2H])c(-c2cc3c4c(c2)N(c2ccccc2)c2ccccc2B4c2ccccc2N3c2ccccc2)c([2H])c1[2H]. The summed E-state index contributed by atoms with van der Waals surface area (Å²) < 4.78 is 42.8. The predicted molar refractivity (Wildman–Crippen MR) is 166 cm³/mol. The topological polar surface area (TPSA) is 6.48 Å². The van der Waals surface area contributed by atoms with E-state index in [1.54, 1.807) is 0 Å². The first-order chi connectivity index (χ1) is 21.5. The van der Waals surface area contributed by atoms with Gasteiger partial charge in [0.2, 0.25) is 0 Å². The molecular formula is C36H25BN2. The molecule has 6 aromatic rings. The smallest absolute Gasteiger partial charge is 0.252 e. The first-order valence-corrected chi connectivity index (χ1v) is 13.1. The molecule has 0 amide bonds. The normalized spacial score (nSPS) is 14.8. The van der Waals surface area contributed by atoms with Crippen LogP contribution in [0.4, 0.5) is 34.1 Å². The molecule has 0 radical (unpaired) electrons. The first-order valence-electron chi connectivity index (χ1n) is 15.6. The van der Waals surface area contributed by atoms with Crippen molar-refractivity contribution in [1.82, 2.24) is 0 Å². The molecule has 3 heteroatoms. The van der Waals surface area contributed by atoms with Crippen LogP contribution >= 0.6 is 0 Å². The summed E-state index contributed by atoms with van der Waals surface area (Å²) in [5, 5.41) is 0. The average Bonchev–Trinajstić information content (AvgIpc) is 3.07. The summed E-state index contributed by atoms with van der Waals surface area (Å²) in [5.74, 6) is 0. The van der Waals surface area contributed by atoms with Crippen LogP contribution in [-0.4, -0.2) is 6.71 Å². The highest BCUT2D eigenvalue weighted by molar-refractivity contribution is 7.00. The van der Waals surface area contributed by atoms with Gasteiger partial charge in [-0.25, -0.2) is 0 Å². The van der Waals surface area contributed by atoms with E-state index in [1.165, 1.54) is 10.9 Å². The highest BCUT2D eigenvalue weighted by atomic mass is 15.2. The Balaban J connectivity index is 1.54. The lowest BCUT2D eigenvalue weighted by atomic mass is 9.33. The number of hydrogen-bond donors (Lipinski definition) is 0. The van der Waals surface area contributed by atoms with E-state index in [0.29, 0.717) is 5.56 Å². The quantitative estimate of drug-likeness (QED) is 0.232. The van der Waals surface area contributed by atoms with Gasteiger partial charge in [0.25, 0.3) is 6.71 Å². The van der Waals surface area contributed by atoms with Crippen LogP contribution in [0.2, 0.25) is 0 Å². The largest absolute Gasteiger partial charge is 0.311 e. The van der Waals surface area contributed by atoms with Crippen LogP contribution in [0.1, 0.15) is 6.85 Å². The summed E-state index contributed by atoms with van der Waals surface area (Å²) in [6.45, 7) is -0.0681. The van der Waals surface area contributed by atoms with Gasteiger partial charge < -0.3 is 9.80 Å². The van der Waals surface area contributed by atoms with Crippen LogP contribution in [-0.2, 0) is 0 Å². The number of rotatable bonds is 3. The number of para-hydroxylation sites is 4. The zero-order chi connectivity index (χ0) is 30.1. The second-order valence-electron chi connectivity index (χ2n) is 9.82. The first kappa shape index (κ1) is 17.5. The van der Waals surface area contributed by atoms with E-state index in [4.69, 9.17) is 6.85 Å². The van der Waals surface area contributed by atoms with Gasteiger partial charge in [0, 0.05) is 34.1 Å². The maximum atomic E-state index is 8.86. The van der Waals surface area contributed by atoms with E-state index in [-0.39, 0.29) is 36.4 Å². The number of nitrogens with zero attached hydrogens (tertiary/aromatic N) is 2. The summed E-state index contributed by atoms with van der Waals surface area (Å²) in [5.41, 5.74) is 10.1. The zero-order valence-electron chi connectivity index (χ0n) is 26.0. The van der Waals surface area contributed by atoms with Gasteiger partial charge in [0.15, 0.2) is 0 Å². The minimum absolute atomic E-state index is 0.0681. The molecule has 0 aliphatic carbocycles. The predicted octanol–water partition coefficient (Wildman–Crippen LogP) is 7.44. The Morgan fingerprint density at radius 2 is 0.923 bits per heavy atom. The minimum atomic E-state index is -0.400. The molecule has 2 heterocycles. The van der Waals surface area contributed by atoms with Gasteiger partial charge in [-0.15, -0.1) is 0 Å². The molecule has 8 rings (SSSR count). The molecule has 182 valence electrons. The maximum absolute atomic E-state index is 8.86. The van der Waals surface area contributed by atoms with Crippen LogP contribution in [0.25, 0.3) is 11.1 Å². The molecule has 0 atom stereocenters. The molecule has 0 saturated heterocycles. The summed E-state index contributed by atoms with van der Waals surface area (Å²) in [6.07, 6.45) is 0. The summed E-state index contributed by atoms with van der Waals surface area (Å²) >= 11 is 0. The van der Waals surface area contributed by atoms with Gasteiger partial charge in [0.05, 0.1) is 6.85 Å². The van der Waals surface area contributed by atoms with Gasteiger partial charge in [-0.3, -0.25) is 0 Å². The lowest BCUT2D eigenvalue weighted by Gasteiger charge is -2.44. The van der Waals surface area contributed by atoms with Gasteiger partial charge in [0.1, 0.15) is 0 Å². The van der Waals surface area contributed by atoms with E-state index in [9.17, 15) is 0 Å². The fourth-order valence-corrected chi connectivity index (χ4v) is 6.15. The van der Waals surface area contributed by atoms with Gasteiger partial charge >= 0.3 is 0 Å². The third-order valence-corrected chi connectivity index (χ3v) is 7.70. The van der Waals surface area contributed by atoms with Crippen molar-refractivity contribution in [1.29, 1.82) is 0 Å². The molecule has 2 aliphatic rings. The third kappa shape index (κ3) is 3.37. The van der Waals surface area contributed by atoms with Crippen molar-refractivity contribution in [2.24, 2.45) is 0 Å². The Kier molecular flexibility index (Phi) is 3.94. The summed E-state index contributed by atoms with van der Waals surface area (Å²) in [4.78, 5) is 4.47. The number of fused-ring (bicyclic) bond motifs is 4. The Morgan fingerprint density at radius 1 is 0.462 bits per heavy atom. The number of hydrogen-bond acceptors (Lipinski definition) is 2. The summed E-state index contributed by atoms with van der Waals surface area (Å²) in [7, 11) is 0. The molecule has 0 saturated carbocycles. The van der Waals surface area contributed by atoms with Crippen molar-refractivity contribution in [3.63, 3.8) is 0 Å². The Bertz CT molecular complexity index is 1960. The Morgan fingerprint density at radius 3 is 1.44 bits per heavy atom. The van der Waals surface area contributed by atoms with Crippen LogP contribution in [0.3, 0.4) is 0 Å². The second kappa shape index (κ2) is 8.78. The van der Waals surface area contributed by atoms with Crippen LogP contribution < -0.4 is 26.2 Å². The third-order valence-electron chi connectivity index (χ3n) is 7.70. The van der Waals surface area contributed by atoms with Crippen molar-refractivity contribution in [2.75, 3.05) is 9.80 Å². The monoisotopic (exact) mass is 501 g/mol. The Hall–Kier alpha value is -5.02. The standard InChI is InChI=1S/C36H25BN2/c1-4-14-26(15-5-1)27-24-34-36-35(25-27)39(29-18-8-3-9-19-29)33-23-13-11-21-31(33)37(36)30-20-10-12-22-32(30)38(34)28-16-6-2-7-17-28/h1-25H/i1D,4D,5D,14D,15D. The van der Waals surface area contributed by atoms with E-state index < -0.39 is 6.04 Å². The molecule has 6 aromatic carbocycles. The van der Waals surface area contributed by atoms with Crippen LogP contribution in [0.15, 0.2) is 152 Å². The molecule has 2 nitrogen and oxygen atoms in total. The molecule has 0 aromatic heterocycles.